The van der Waals surface area contributed by atoms with Gasteiger partial charge in [0.25, 0.3) is 0 Å². The van der Waals surface area contributed by atoms with Gasteiger partial charge in [-0.1, -0.05) is 0 Å². The van der Waals surface area contributed by atoms with Gasteiger partial charge in [0.2, 0.25) is 0 Å². The summed E-state index contributed by atoms with van der Waals surface area (Å²) in [4.78, 5) is 11.2. The molecule has 0 fully saturated rings. The fraction of sp³-hybridized carbons (Fsp3) is 0.300. The largest absolute Gasteiger partial charge is 0.494 e. The third-order valence-electron chi connectivity index (χ3n) is 1.81. The maximum Gasteiger partial charge on any atom is 0.319 e. The van der Waals surface area contributed by atoms with E-state index in [1.165, 1.54) is 25.3 Å². The number of halogens is 1. The summed E-state index contributed by atoms with van der Waals surface area (Å²) in [6, 6.07) is 3.29. The second-order valence-electron chi connectivity index (χ2n) is 2.95. The minimum atomic E-state index is -0.487. The van der Waals surface area contributed by atoms with Crippen LogP contribution in [0.3, 0.4) is 0 Å². The summed E-state index contributed by atoms with van der Waals surface area (Å²) < 4.78 is 17.7. The van der Waals surface area contributed by atoms with Crippen molar-refractivity contribution in [3.8, 4) is 5.75 Å². The Balaban J connectivity index is 2.69. The van der Waals surface area contributed by atoms with Crippen LogP contribution in [0.1, 0.15) is 0 Å². The number of nitrogens with one attached hydrogen (secondary N) is 2. The molecule has 0 atom stereocenters. The number of anilines is 1. The summed E-state index contributed by atoms with van der Waals surface area (Å²) in [5.41, 5.74) is 0.360. The molecule has 0 aromatic heterocycles. The molecule has 1 rings (SSSR count). The van der Waals surface area contributed by atoms with Crippen LogP contribution in [0, 0.1) is 5.82 Å². The molecule has 88 valence electrons. The lowest BCUT2D eigenvalue weighted by Crippen LogP contribution is -2.31. The highest BCUT2D eigenvalue weighted by Gasteiger charge is 2.07. The molecule has 16 heavy (non-hydrogen) atoms. The third kappa shape index (κ3) is 3.39. The van der Waals surface area contributed by atoms with Gasteiger partial charge in [0.05, 0.1) is 19.4 Å². The molecule has 0 radical (unpaired) electrons. The van der Waals surface area contributed by atoms with Crippen molar-refractivity contribution >= 4 is 11.7 Å². The molecule has 0 bridgehead atoms. The maximum atomic E-state index is 12.8. The highest BCUT2D eigenvalue weighted by Crippen LogP contribution is 2.24. The monoisotopic (exact) mass is 228 g/mol. The van der Waals surface area contributed by atoms with Crippen molar-refractivity contribution in [2.24, 2.45) is 0 Å². The van der Waals surface area contributed by atoms with Gasteiger partial charge in [-0.3, -0.25) is 0 Å². The fourth-order valence-electron chi connectivity index (χ4n) is 1.10. The predicted molar refractivity (Wildman–Crippen MR) is 57.1 cm³/mol. The van der Waals surface area contributed by atoms with Gasteiger partial charge in [-0.05, 0) is 12.1 Å². The van der Waals surface area contributed by atoms with Crippen LogP contribution in [0.2, 0.25) is 0 Å². The predicted octanol–water partition coefficient (Wildman–Crippen LogP) is 0.948. The third-order valence-corrected chi connectivity index (χ3v) is 1.81. The van der Waals surface area contributed by atoms with Crippen molar-refractivity contribution in [1.29, 1.82) is 0 Å². The lowest BCUT2D eigenvalue weighted by Gasteiger charge is -2.10. The second kappa shape index (κ2) is 5.92. The molecule has 2 amide bonds. The van der Waals surface area contributed by atoms with Crippen molar-refractivity contribution < 1.29 is 19.0 Å². The van der Waals surface area contributed by atoms with Crippen LogP contribution < -0.4 is 15.4 Å². The number of carbonyl (C=O) groups is 1. The summed E-state index contributed by atoms with van der Waals surface area (Å²) in [6.07, 6.45) is 0. The van der Waals surface area contributed by atoms with E-state index in [1.54, 1.807) is 0 Å². The number of carbonyl (C=O) groups excluding carboxylic acids is 1. The highest BCUT2D eigenvalue weighted by atomic mass is 19.1. The van der Waals surface area contributed by atoms with Crippen molar-refractivity contribution in [3.63, 3.8) is 0 Å². The Morgan fingerprint density at radius 2 is 2.31 bits per heavy atom. The van der Waals surface area contributed by atoms with E-state index in [-0.39, 0.29) is 18.9 Å². The molecule has 1 aromatic rings. The zero-order valence-corrected chi connectivity index (χ0v) is 8.79. The Labute approximate surface area is 92.2 Å². The Bertz CT molecular complexity index is 371. The molecule has 5 nitrogen and oxygen atoms in total. The highest BCUT2D eigenvalue weighted by molar-refractivity contribution is 5.90. The smallest absolute Gasteiger partial charge is 0.319 e. The van der Waals surface area contributed by atoms with Crippen LogP contribution in [-0.2, 0) is 0 Å². The minimum absolute atomic E-state index is 0.145. The first-order valence-electron chi connectivity index (χ1n) is 4.66. The Morgan fingerprint density at radius 3 is 2.94 bits per heavy atom. The molecule has 6 heteroatoms. The van der Waals surface area contributed by atoms with E-state index in [0.717, 1.165) is 0 Å². The molecular weight excluding hydrogens is 215 g/mol. The molecule has 0 saturated heterocycles. The Morgan fingerprint density at radius 1 is 1.56 bits per heavy atom. The molecule has 0 unspecified atom stereocenters. The number of ether oxygens (including phenoxy) is 1. The standard InChI is InChI=1S/C10H13FN2O3/c1-16-9-6-7(11)2-3-8(9)13-10(15)12-4-5-14/h2-3,6,14H,4-5H2,1H3,(H2,12,13,15). The van der Waals surface area contributed by atoms with E-state index in [1.807, 2.05) is 0 Å². The summed E-state index contributed by atoms with van der Waals surface area (Å²) in [5, 5.41) is 13.4. The molecule has 0 aliphatic carbocycles. The molecule has 3 N–H and O–H groups in total. The van der Waals surface area contributed by atoms with E-state index in [9.17, 15) is 9.18 Å². The first kappa shape index (κ1) is 12.3. The number of hydrogen-bond acceptors (Lipinski definition) is 3. The zero-order valence-electron chi connectivity index (χ0n) is 8.79. The van der Waals surface area contributed by atoms with Gasteiger partial charge in [-0.15, -0.1) is 0 Å². The summed E-state index contributed by atoms with van der Waals surface area (Å²) in [6.45, 7) is 0.00329. The first-order chi connectivity index (χ1) is 7.67. The zero-order chi connectivity index (χ0) is 12.0. The average molecular weight is 228 g/mol. The van der Waals surface area contributed by atoms with Crippen LogP contribution in [0.5, 0.6) is 5.75 Å². The van der Waals surface area contributed by atoms with Gasteiger partial charge in [0.15, 0.2) is 0 Å². The van der Waals surface area contributed by atoms with Gasteiger partial charge in [-0.2, -0.15) is 0 Å². The number of aliphatic hydroxyl groups excluding tert-OH is 1. The van der Waals surface area contributed by atoms with Crippen LogP contribution >= 0.6 is 0 Å². The second-order valence-corrected chi connectivity index (χ2v) is 2.95. The molecule has 0 aliphatic heterocycles. The summed E-state index contributed by atoms with van der Waals surface area (Å²) in [7, 11) is 1.38. The van der Waals surface area contributed by atoms with Crippen molar-refractivity contribution in [2.75, 3.05) is 25.6 Å². The van der Waals surface area contributed by atoms with E-state index >= 15 is 0 Å². The summed E-state index contributed by atoms with van der Waals surface area (Å²) in [5.74, 6) is -0.211. The molecule has 1 aromatic carbocycles. The van der Waals surface area contributed by atoms with Crippen LogP contribution in [0.25, 0.3) is 0 Å². The van der Waals surface area contributed by atoms with Gasteiger partial charge < -0.3 is 20.5 Å². The number of aliphatic hydroxyl groups is 1. The van der Waals surface area contributed by atoms with Crippen LogP contribution in [-0.4, -0.2) is 31.4 Å². The minimum Gasteiger partial charge on any atom is -0.494 e. The normalized spacial score (nSPS) is 9.69. The number of methoxy groups -OCH3 is 1. The SMILES string of the molecule is COc1cc(F)ccc1NC(=O)NCCO. The quantitative estimate of drug-likeness (QED) is 0.718. The van der Waals surface area contributed by atoms with Crippen LogP contribution in [0.15, 0.2) is 18.2 Å². The van der Waals surface area contributed by atoms with E-state index < -0.39 is 11.8 Å². The molecule has 0 aliphatic rings. The number of benzene rings is 1. The fourth-order valence-corrected chi connectivity index (χ4v) is 1.10. The number of urea groups is 1. The average Bonchev–Trinajstić information content (AvgIpc) is 2.28. The van der Waals surface area contributed by atoms with Gasteiger partial charge in [0.1, 0.15) is 11.6 Å². The summed E-state index contributed by atoms with van der Waals surface area (Å²) >= 11 is 0. The van der Waals surface area contributed by atoms with E-state index in [0.29, 0.717) is 5.69 Å². The molecular formula is C10H13FN2O3. The van der Waals surface area contributed by atoms with Crippen molar-refractivity contribution in [2.45, 2.75) is 0 Å². The number of amides is 2. The van der Waals surface area contributed by atoms with Crippen molar-refractivity contribution in [3.05, 3.63) is 24.0 Å². The Hall–Kier alpha value is -1.82. The molecule has 0 spiro atoms. The topological polar surface area (TPSA) is 70.6 Å². The first-order valence-corrected chi connectivity index (χ1v) is 4.66. The van der Waals surface area contributed by atoms with Gasteiger partial charge in [-0.25, -0.2) is 9.18 Å². The lowest BCUT2D eigenvalue weighted by molar-refractivity contribution is 0.244. The van der Waals surface area contributed by atoms with E-state index in [4.69, 9.17) is 9.84 Å². The Kier molecular flexibility index (Phi) is 4.53. The number of hydrogen-bond donors (Lipinski definition) is 3. The lowest BCUT2D eigenvalue weighted by atomic mass is 10.3. The van der Waals surface area contributed by atoms with Gasteiger partial charge in [0, 0.05) is 12.6 Å². The van der Waals surface area contributed by atoms with Crippen molar-refractivity contribution in [1.82, 2.24) is 5.32 Å². The van der Waals surface area contributed by atoms with Crippen LogP contribution in [0.4, 0.5) is 14.9 Å². The molecule has 0 saturated carbocycles. The maximum absolute atomic E-state index is 12.8. The van der Waals surface area contributed by atoms with E-state index in [2.05, 4.69) is 10.6 Å². The number of rotatable bonds is 4. The molecule has 0 heterocycles. The van der Waals surface area contributed by atoms with Gasteiger partial charge >= 0.3 is 6.03 Å².